The second-order valence-electron chi connectivity index (χ2n) is 4.33. The van der Waals surface area contributed by atoms with Crippen LogP contribution in [-0.4, -0.2) is 15.0 Å². The minimum atomic E-state index is -0.0521. The van der Waals surface area contributed by atoms with Crippen LogP contribution in [0.4, 0.5) is 0 Å². The van der Waals surface area contributed by atoms with E-state index in [1.807, 2.05) is 54.6 Å². The third kappa shape index (κ3) is 2.59. The number of benzene rings is 2. The fraction of sp³-hybridized carbons (Fsp3) is 0. The molecule has 0 spiro atoms. The predicted octanol–water partition coefficient (Wildman–Crippen LogP) is 3.09. The average Bonchev–Trinajstić information content (AvgIpc) is 2.96. The zero-order valence-electron chi connectivity index (χ0n) is 10.7. The molecule has 0 amide bonds. The monoisotopic (exact) mass is 263 g/mol. The number of hydrogen-bond acceptors (Lipinski definition) is 2. The van der Waals surface area contributed by atoms with Gasteiger partial charge in [-0.2, -0.15) is 0 Å². The van der Waals surface area contributed by atoms with Gasteiger partial charge in [-0.15, -0.1) is 0 Å². The number of para-hydroxylation sites is 3. The Kier molecular flexibility index (Phi) is 3.29. The topological polar surface area (TPSA) is 61.5 Å². The summed E-state index contributed by atoms with van der Waals surface area (Å²) >= 11 is 0. The van der Waals surface area contributed by atoms with Crippen molar-refractivity contribution < 1.29 is 0 Å². The lowest BCUT2D eigenvalue weighted by Crippen LogP contribution is -2.01. The molecule has 0 radical (unpaired) electrons. The minimum absolute atomic E-state index is 0.0521. The molecular formula is C16H13N3O. The number of nitrogens with zero attached hydrogens (tertiary/aromatic N) is 1. The molecule has 4 aromatic rings. The Morgan fingerprint density at radius 1 is 0.800 bits per heavy atom. The maximum atomic E-state index is 10.8. The summed E-state index contributed by atoms with van der Waals surface area (Å²) in [5.74, 6) is 0. The summed E-state index contributed by atoms with van der Waals surface area (Å²) in [7, 11) is 0. The van der Waals surface area contributed by atoms with Crippen molar-refractivity contribution in [3.05, 3.63) is 77.3 Å². The molecule has 0 unspecified atom stereocenters. The maximum Gasteiger partial charge on any atom is 0.248 e. The van der Waals surface area contributed by atoms with Crippen molar-refractivity contribution >= 4 is 21.9 Å². The first-order valence-corrected chi connectivity index (χ1v) is 6.29. The van der Waals surface area contributed by atoms with E-state index in [0.29, 0.717) is 0 Å². The van der Waals surface area contributed by atoms with Gasteiger partial charge >= 0.3 is 0 Å². The summed E-state index contributed by atoms with van der Waals surface area (Å²) in [4.78, 5) is 20.6. The third-order valence-electron chi connectivity index (χ3n) is 2.96. The molecule has 0 aliphatic heterocycles. The van der Waals surface area contributed by atoms with Crippen LogP contribution in [0.2, 0.25) is 0 Å². The Balaban J connectivity index is 0.000000123. The van der Waals surface area contributed by atoms with Crippen LogP contribution in [0, 0.1) is 0 Å². The SMILES string of the molecule is O=c1ccc2ccccc2[nH]1.c1ccc2[nH]cnc2c1. The standard InChI is InChI=1S/C9H7NO.C7H6N2/c11-9-6-5-7-3-1-2-4-8(7)10-9;1-2-4-7-6(3-1)8-5-9-7/h1-6H,(H,10,11);1-5H,(H,8,9). The van der Waals surface area contributed by atoms with Gasteiger partial charge in [0.15, 0.2) is 0 Å². The molecule has 4 nitrogen and oxygen atoms in total. The number of H-pyrrole nitrogens is 2. The molecule has 0 saturated carbocycles. The van der Waals surface area contributed by atoms with Crippen molar-refractivity contribution in [2.75, 3.05) is 0 Å². The number of fused-ring (bicyclic) bond motifs is 2. The zero-order chi connectivity index (χ0) is 13.8. The van der Waals surface area contributed by atoms with Crippen molar-refractivity contribution in [2.45, 2.75) is 0 Å². The molecule has 2 aromatic carbocycles. The largest absolute Gasteiger partial charge is 0.345 e. The molecule has 0 aliphatic carbocycles. The summed E-state index contributed by atoms with van der Waals surface area (Å²) in [6.07, 6.45) is 1.70. The van der Waals surface area contributed by atoms with Crippen LogP contribution in [0.3, 0.4) is 0 Å². The van der Waals surface area contributed by atoms with Crippen molar-refractivity contribution in [1.29, 1.82) is 0 Å². The van der Waals surface area contributed by atoms with Crippen LogP contribution < -0.4 is 5.56 Å². The highest BCUT2D eigenvalue weighted by atomic mass is 16.1. The number of imidazole rings is 1. The van der Waals surface area contributed by atoms with Gasteiger partial charge in [0.05, 0.1) is 17.4 Å². The lowest BCUT2D eigenvalue weighted by Gasteiger charge is -1.93. The molecule has 0 bridgehead atoms. The van der Waals surface area contributed by atoms with Crippen LogP contribution in [-0.2, 0) is 0 Å². The second kappa shape index (κ2) is 5.40. The normalized spacial score (nSPS) is 10.2. The van der Waals surface area contributed by atoms with Gasteiger partial charge in [0.1, 0.15) is 0 Å². The van der Waals surface area contributed by atoms with Crippen molar-refractivity contribution in [3.8, 4) is 0 Å². The van der Waals surface area contributed by atoms with Crippen LogP contribution in [0.25, 0.3) is 21.9 Å². The second-order valence-corrected chi connectivity index (χ2v) is 4.33. The molecule has 98 valence electrons. The molecule has 0 saturated heterocycles. The Bertz CT molecular complexity index is 862. The first kappa shape index (κ1) is 12.2. The van der Waals surface area contributed by atoms with Crippen LogP contribution in [0.15, 0.2) is 71.8 Å². The van der Waals surface area contributed by atoms with Crippen LogP contribution in [0.5, 0.6) is 0 Å². The summed E-state index contributed by atoms with van der Waals surface area (Å²) < 4.78 is 0. The Morgan fingerprint density at radius 3 is 2.40 bits per heavy atom. The van der Waals surface area contributed by atoms with Crippen LogP contribution in [0.1, 0.15) is 0 Å². The average molecular weight is 263 g/mol. The van der Waals surface area contributed by atoms with E-state index in [2.05, 4.69) is 15.0 Å². The molecule has 4 rings (SSSR count). The number of hydrogen-bond donors (Lipinski definition) is 2. The fourth-order valence-electron chi connectivity index (χ4n) is 1.98. The van der Waals surface area contributed by atoms with Crippen molar-refractivity contribution in [1.82, 2.24) is 15.0 Å². The Labute approximate surface area is 115 Å². The lowest BCUT2D eigenvalue weighted by atomic mass is 10.2. The highest BCUT2D eigenvalue weighted by Crippen LogP contribution is 2.06. The summed E-state index contributed by atoms with van der Waals surface area (Å²) in [6.45, 7) is 0. The van der Waals surface area contributed by atoms with Gasteiger partial charge in [0, 0.05) is 11.6 Å². The molecular weight excluding hydrogens is 250 g/mol. The van der Waals surface area contributed by atoms with Gasteiger partial charge in [-0.1, -0.05) is 30.3 Å². The van der Waals surface area contributed by atoms with Crippen LogP contribution >= 0.6 is 0 Å². The van der Waals surface area contributed by atoms with Gasteiger partial charge in [0.2, 0.25) is 5.56 Å². The van der Waals surface area contributed by atoms with E-state index < -0.39 is 0 Å². The van der Waals surface area contributed by atoms with Gasteiger partial charge in [-0.25, -0.2) is 4.98 Å². The van der Waals surface area contributed by atoms with E-state index in [-0.39, 0.29) is 5.56 Å². The number of aromatic amines is 2. The van der Waals surface area contributed by atoms with E-state index in [9.17, 15) is 4.79 Å². The Morgan fingerprint density at radius 2 is 1.55 bits per heavy atom. The molecule has 2 heterocycles. The molecule has 20 heavy (non-hydrogen) atoms. The number of aromatic nitrogens is 3. The highest BCUT2D eigenvalue weighted by molar-refractivity contribution is 5.77. The molecule has 2 aromatic heterocycles. The summed E-state index contributed by atoms with van der Waals surface area (Å²) in [5.41, 5.74) is 2.96. The fourth-order valence-corrected chi connectivity index (χ4v) is 1.98. The number of pyridine rings is 1. The van der Waals surface area contributed by atoms with Gasteiger partial charge in [-0.3, -0.25) is 4.79 Å². The van der Waals surface area contributed by atoms with E-state index in [1.165, 1.54) is 6.07 Å². The number of nitrogens with one attached hydrogen (secondary N) is 2. The lowest BCUT2D eigenvalue weighted by molar-refractivity contribution is 1.31. The van der Waals surface area contributed by atoms with Gasteiger partial charge in [-0.05, 0) is 29.7 Å². The third-order valence-corrected chi connectivity index (χ3v) is 2.96. The smallest absolute Gasteiger partial charge is 0.248 e. The highest BCUT2D eigenvalue weighted by Gasteiger charge is 1.89. The Hall–Kier alpha value is -2.88. The van der Waals surface area contributed by atoms with E-state index in [1.54, 1.807) is 6.33 Å². The minimum Gasteiger partial charge on any atom is -0.345 e. The summed E-state index contributed by atoms with van der Waals surface area (Å²) in [5, 5.41) is 1.06. The van der Waals surface area contributed by atoms with Gasteiger partial charge < -0.3 is 9.97 Å². The molecule has 0 aliphatic rings. The first-order valence-electron chi connectivity index (χ1n) is 6.29. The zero-order valence-corrected chi connectivity index (χ0v) is 10.7. The maximum absolute atomic E-state index is 10.8. The molecule has 4 heteroatoms. The van der Waals surface area contributed by atoms with Crippen molar-refractivity contribution in [3.63, 3.8) is 0 Å². The van der Waals surface area contributed by atoms with Crippen molar-refractivity contribution in [2.24, 2.45) is 0 Å². The summed E-state index contributed by atoms with van der Waals surface area (Å²) in [6, 6.07) is 19.0. The molecule has 0 fully saturated rings. The van der Waals surface area contributed by atoms with E-state index in [4.69, 9.17) is 0 Å². The molecule has 2 N–H and O–H groups in total. The van der Waals surface area contributed by atoms with Gasteiger partial charge in [0.25, 0.3) is 0 Å². The van der Waals surface area contributed by atoms with E-state index in [0.717, 1.165) is 21.9 Å². The predicted molar refractivity (Wildman–Crippen MR) is 80.7 cm³/mol. The molecule has 0 atom stereocenters. The first-order chi connectivity index (χ1) is 9.83. The number of rotatable bonds is 0. The quantitative estimate of drug-likeness (QED) is 0.512. The van der Waals surface area contributed by atoms with E-state index >= 15 is 0 Å².